The number of azide groups is 1. The Bertz CT molecular complexity index is 387. The third-order valence-corrected chi connectivity index (χ3v) is 1.92. The van der Waals surface area contributed by atoms with E-state index >= 15 is 0 Å². The van der Waals surface area contributed by atoms with Gasteiger partial charge < -0.3 is 0 Å². The maximum atomic E-state index is 12.9. The minimum absolute atomic E-state index is 0.156. The summed E-state index contributed by atoms with van der Waals surface area (Å²) in [4.78, 5) is 2.68. The molecule has 1 rings (SSSR count). The molecule has 0 aliphatic heterocycles. The van der Waals surface area contributed by atoms with Gasteiger partial charge in [0.25, 0.3) is 0 Å². The van der Waals surface area contributed by atoms with Crippen molar-refractivity contribution >= 4 is 5.69 Å². The van der Waals surface area contributed by atoms with Gasteiger partial charge in [-0.05, 0) is 28.6 Å². The van der Waals surface area contributed by atoms with E-state index in [0.717, 1.165) is 5.56 Å². The molecular weight excluding hydrogens is 181 g/mol. The second-order valence-electron chi connectivity index (χ2n) is 4.10. The van der Waals surface area contributed by atoms with Crippen LogP contribution in [0.25, 0.3) is 10.4 Å². The molecule has 0 N–H and O–H groups in total. The molecule has 14 heavy (non-hydrogen) atoms. The molecule has 0 aliphatic rings. The van der Waals surface area contributed by atoms with Crippen molar-refractivity contribution in [2.75, 3.05) is 0 Å². The van der Waals surface area contributed by atoms with Crippen LogP contribution in [0, 0.1) is 5.82 Å². The zero-order valence-electron chi connectivity index (χ0n) is 8.45. The molecule has 0 aliphatic carbocycles. The highest BCUT2D eigenvalue weighted by Gasteiger charge is 2.17. The van der Waals surface area contributed by atoms with Crippen LogP contribution in [0.2, 0.25) is 0 Å². The number of nitrogens with zero attached hydrogens (tertiary/aromatic N) is 3. The van der Waals surface area contributed by atoms with Crippen LogP contribution in [0.1, 0.15) is 26.3 Å². The van der Waals surface area contributed by atoms with Gasteiger partial charge in [-0.25, -0.2) is 4.39 Å². The molecule has 0 heterocycles. The van der Waals surface area contributed by atoms with Gasteiger partial charge >= 0.3 is 0 Å². The number of benzene rings is 1. The molecule has 1 aromatic carbocycles. The number of rotatable bonds is 1. The van der Waals surface area contributed by atoms with Crippen molar-refractivity contribution in [1.29, 1.82) is 0 Å². The number of halogens is 1. The lowest BCUT2D eigenvalue weighted by molar-refractivity contribution is 0.584. The molecule has 0 atom stereocenters. The number of hydrogen-bond donors (Lipinski definition) is 0. The first kappa shape index (κ1) is 10.5. The highest BCUT2D eigenvalue weighted by atomic mass is 19.1. The largest absolute Gasteiger partial charge is 0.207 e. The van der Waals surface area contributed by atoms with Crippen LogP contribution in [-0.2, 0) is 5.41 Å². The van der Waals surface area contributed by atoms with Gasteiger partial charge in [0.05, 0.1) is 0 Å². The molecular formula is C10H12FN3. The Labute approximate surface area is 82.2 Å². The number of hydrogen-bond acceptors (Lipinski definition) is 1. The second-order valence-corrected chi connectivity index (χ2v) is 4.10. The molecule has 0 saturated heterocycles. The van der Waals surface area contributed by atoms with Crippen LogP contribution in [0.3, 0.4) is 0 Å². The minimum atomic E-state index is -0.389. The summed E-state index contributed by atoms with van der Waals surface area (Å²) >= 11 is 0. The third-order valence-electron chi connectivity index (χ3n) is 1.92. The van der Waals surface area contributed by atoms with Crippen LogP contribution in [-0.4, -0.2) is 0 Å². The average molecular weight is 193 g/mol. The van der Waals surface area contributed by atoms with Crippen LogP contribution in [0.5, 0.6) is 0 Å². The van der Waals surface area contributed by atoms with Crippen LogP contribution in [0.4, 0.5) is 10.1 Å². The van der Waals surface area contributed by atoms with Gasteiger partial charge in [-0.1, -0.05) is 32.0 Å². The smallest absolute Gasteiger partial charge is 0.123 e. The van der Waals surface area contributed by atoms with Gasteiger partial charge in [0, 0.05) is 10.6 Å². The maximum absolute atomic E-state index is 12.9. The summed E-state index contributed by atoms with van der Waals surface area (Å²) in [5.41, 5.74) is 9.39. The summed E-state index contributed by atoms with van der Waals surface area (Å²) in [6.45, 7) is 5.95. The van der Waals surface area contributed by atoms with Crippen molar-refractivity contribution in [1.82, 2.24) is 0 Å². The van der Waals surface area contributed by atoms with E-state index in [2.05, 4.69) is 10.0 Å². The first-order chi connectivity index (χ1) is 6.45. The maximum Gasteiger partial charge on any atom is 0.123 e. The predicted molar refractivity (Wildman–Crippen MR) is 53.9 cm³/mol. The van der Waals surface area contributed by atoms with Gasteiger partial charge in [-0.3, -0.25) is 0 Å². The highest BCUT2D eigenvalue weighted by Crippen LogP contribution is 2.31. The zero-order chi connectivity index (χ0) is 10.8. The monoisotopic (exact) mass is 193 g/mol. The summed E-state index contributed by atoms with van der Waals surface area (Å²) in [5.74, 6) is -0.389. The van der Waals surface area contributed by atoms with Crippen LogP contribution >= 0.6 is 0 Å². The van der Waals surface area contributed by atoms with E-state index < -0.39 is 0 Å². The lowest BCUT2D eigenvalue weighted by Crippen LogP contribution is -2.11. The Morgan fingerprint density at radius 2 is 2.00 bits per heavy atom. The van der Waals surface area contributed by atoms with Gasteiger partial charge in [-0.2, -0.15) is 0 Å². The second kappa shape index (κ2) is 3.68. The molecule has 0 spiro atoms. The molecule has 0 fully saturated rings. The van der Waals surface area contributed by atoms with E-state index in [0.29, 0.717) is 5.69 Å². The van der Waals surface area contributed by atoms with Gasteiger partial charge in [0.15, 0.2) is 0 Å². The van der Waals surface area contributed by atoms with Crippen molar-refractivity contribution in [2.45, 2.75) is 26.2 Å². The molecule has 0 saturated carbocycles. The molecule has 0 radical (unpaired) electrons. The lowest BCUT2D eigenvalue weighted by Gasteiger charge is -2.20. The lowest BCUT2D eigenvalue weighted by atomic mass is 9.86. The van der Waals surface area contributed by atoms with Crippen molar-refractivity contribution < 1.29 is 4.39 Å². The first-order valence-corrected chi connectivity index (χ1v) is 4.30. The van der Waals surface area contributed by atoms with Gasteiger partial charge in [0.1, 0.15) is 5.82 Å². The summed E-state index contributed by atoms with van der Waals surface area (Å²) in [6, 6.07) is 4.27. The van der Waals surface area contributed by atoms with E-state index in [4.69, 9.17) is 5.53 Å². The standard InChI is InChI=1S/C10H12FN3/c1-10(2,3)8-5-4-7(11)6-9(8)13-14-12/h4-6H,1-3H3. The Morgan fingerprint density at radius 1 is 1.36 bits per heavy atom. The van der Waals surface area contributed by atoms with Crippen molar-refractivity contribution in [3.05, 3.63) is 40.0 Å². The summed E-state index contributed by atoms with van der Waals surface area (Å²) in [7, 11) is 0. The fourth-order valence-corrected chi connectivity index (χ4v) is 1.27. The van der Waals surface area contributed by atoms with E-state index in [-0.39, 0.29) is 11.2 Å². The Morgan fingerprint density at radius 3 is 2.50 bits per heavy atom. The van der Waals surface area contributed by atoms with E-state index in [9.17, 15) is 4.39 Å². The summed E-state index contributed by atoms with van der Waals surface area (Å²) in [6.07, 6.45) is 0. The zero-order valence-corrected chi connectivity index (χ0v) is 8.45. The molecule has 74 valence electrons. The summed E-state index contributed by atoms with van der Waals surface area (Å²) in [5, 5.41) is 3.47. The molecule has 0 bridgehead atoms. The van der Waals surface area contributed by atoms with Crippen molar-refractivity contribution in [2.24, 2.45) is 5.11 Å². The highest BCUT2D eigenvalue weighted by molar-refractivity contribution is 5.49. The summed E-state index contributed by atoms with van der Waals surface area (Å²) < 4.78 is 12.9. The average Bonchev–Trinajstić information content (AvgIpc) is 2.02. The molecule has 4 heteroatoms. The molecule has 3 nitrogen and oxygen atoms in total. The quantitative estimate of drug-likeness (QED) is 0.367. The van der Waals surface area contributed by atoms with Crippen molar-refractivity contribution in [3.8, 4) is 0 Å². The van der Waals surface area contributed by atoms with Crippen LogP contribution in [0.15, 0.2) is 23.3 Å². The fraction of sp³-hybridized carbons (Fsp3) is 0.400. The Hall–Kier alpha value is -1.54. The van der Waals surface area contributed by atoms with E-state index in [1.54, 1.807) is 6.07 Å². The normalized spacial score (nSPS) is 10.9. The van der Waals surface area contributed by atoms with Gasteiger partial charge in [0.2, 0.25) is 0 Å². The van der Waals surface area contributed by atoms with Crippen LogP contribution < -0.4 is 0 Å². The van der Waals surface area contributed by atoms with Gasteiger partial charge in [-0.15, -0.1) is 0 Å². The molecule has 1 aromatic rings. The molecule has 0 aromatic heterocycles. The molecule has 0 amide bonds. The first-order valence-electron chi connectivity index (χ1n) is 4.30. The fourth-order valence-electron chi connectivity index (χ4n) is 1.27. The molecule has 0 unspecified atom stereocenters. The topological polar surface area (TPSA) is 48.8 Å². The predicted octanol–water partition coefficient (Wildman–Crippen LogP) is 4.07. The third kappa shape index (κ3) is 2.24. The SMILES string of the molecule is CC(C)(C)c1ccc(F)cc1N=[N+]=[N-]. The Balaban J connectivity index is 3.36. The minimum Gasteiger partial charge on any atom is -0.207 e. The van der Waals surface area contributed by atoms with E-state index in [1.807, 2.05) is 20.8 Å². The van der Waals surface area contributed by atoms with Crippen molar-refractivity contribution in [3.63, 3.8) is 0 Å². The Kier molecular flexibility index (Phi) is 2.77. The van der Waals surface area contributed by atoms with E-state index in [1.165, 1.54) is 12.1 Å².